The van der Waals surface area contributed by atoms with Crippen LogP contribution in [-0.4, -0.2) is 6.71 Å². The fraction of sp³-hybridized carbons (Fsp3) is 0.0690. The van der Waals surface area contributed by atoms with Crippen LogP contribution in [0.2, 0.25) is 0 Å². The molecule has 2 nitrogen and oxygen atoms in total. The van der Waals surface area contributed by atoms with Crippen LogP contribution in [0.3, 0.4) is 0 Å². The largest absolute Gasteiger partial charge is 0.311 e. The second-order valence-corrected chi connectivity index (χ2v) is 18.1. The molecule has 0 aliphatic carbocycles. The number of rotatable bonds is 3. The second kappa shape index (κ2) is 12.6. The monoisotopic (exact) mass is 776 g/mol. The average molecular weight is 777 g/mol. The first-order chi connectivity index (χ1) is 29.9. The van der Waals surface area contributed by atoms with Gasteiger partial charge in [0.15, 0.2) is 0 Å². The Morgan fingerprint density at radius 1 is 0.377 bits per heavy atom. The number of nitrogens with zero attached hydrogens (tertiary/aromatic N) is 2. The normalized spacial score (nSPS) is 13.4. The molecule has 2 heterocycles. The number of hydrogen-bond donors (Lipinski definition) is 0. The molecule has 11 aromatic carbocycles. The lowest BCUT2D eigenvalue weighted by Gasteiger charge is -2.45. The predicted octanol–water partition coefficient (Wildman–Crippen LogP) is 13.9. The quantitative estimate of drug-likeness (QED) is 0.130. The van der Waals surface area contributed by atoms with Crippen molar-refractivity contribution in [2.75, 3.05) is 9.80 Å². The van der Waals surface area contributed by atoms with Gasteiger partial charge in [-0.25, -0.2) is 0 Å². The Bertz CT molecular complexity index is 3420. The van der Waals surface area contributed by atoms with Gasteiger partial charge in [0, 0.05) is 44.9 Å². The molecule has 3 heteroatoms. The average Bonchev–Trinajstić information content (AvgIpc) is 3.30. The molecule has 0 bridgehead atoms. The standard InChI is InChI=1S/C58H41BN2/c1-58(2,3)48-29-25-38-22-23-39-32-41(33-40-24-28-47(48)54(38)53(39)40)42-34-51-55-52(35-42)61(44-18-8-5-9-19-44)57-46-21-13-11-15-37(46)27-31-50(57)59(55)49-30-26-36-14-10-12-20-45(36)56(49)60(51)43-16-6-4-7-17-43/h4-35H,1-3H3. The van der Waals surface area contributed by atoms with Crippen molar-refractivity contribution < 1.29 is 0 Å². The Balaban J connectivity index is 1.17. The van der Waals surface area contributed by atoms with Crippen LogP contribution in [0.4, 0.5) is 34.1 Å². The Morgan fingerprint density at radius 2 is 0.836 bits per heavy atom. The Morgan fingerprint density at radius 3 is 1.39 bits per heavy atom. The molecular formula is C58H41BN2. The molecule has 0 amide bonds. The predicted molar refractivity (Wildman–Crippen MR) is 263 cm³/mol. The van der Waals surface area contributed by atoms with E-state index >= 15 is 0 Å². The summed E-state index contributed by atoms with van der Waals surface area (Å²) in [4.78, 5) is 5.12. The van der Waals surface area contributed by atoms with E-state index in [0.717, 1.165) is 11.4 Å². The molecule has 0 N–H and O–H groups in total. The Kier molecular flexibility index (Phi) is 7.12. The van der Waals surface area contributed by atoms with Crippen LogP contribution in [0.15, 0.2) is 194 Å². The molecule has 2 aliphatic heterocycles. The molecule has 0 unspecified atom stereocenters. The zero-order valence-electron chi connectivity index (χ0n) is 34.4. The molecule has 0 saturated carbocycles. The van der Waals surface area contributed by atoms with E-state index in [2.05, 4.69) is 225 Å². The lowest BCUT2D eigenvalue weighted by atomic mass is 9.33. The van der Waals surface area contributed by atoms with Gasteiger partial charge in [0.1, 0.15) is 0 Å². The van der Waals surface area contributed by atoms with E-state index < -0.39 is 0 Å². The van der Waals surface area contributed by atoms with E-state index in [0.29, 0.717) is 0 Å². The van der Waals surface area contributed by atoms with E-state index in [9.17, 15) is 0 Å². The molecule has 61 heavy (non-hydrogen) atoms. The minimum Gasteiger partial charge on any atom is -0.311 e. The minimum absolute atomic E-state index is 0.0145. The highest BCUT2D eigenvalue weighted by Gasteiger charge is 2.44. The van der Waals surface area contributed by atoms with Crippen molar-refractivity contribution in [3.05, 3.63) is 200 Å². The summed E-state index contributed by atoms with van der Waals surface area (Å²) in [6.45, 7) is 6.99. The van der Waals surface area contributed by atoms with Crippen LogP contribution >= 0.6 is 0 Å². The second-order valence-electron chi connectivity index (χ2n) is 18.1. The molecule has 2 aliphatic rings. The minimum atomic E-state index is 0.0145. The molecule has 0 fully saturated rings. The maximum atomic E-state index is 2.56. The van der Waals surface area contributed by atoms with E-state index in [1.807, 2.05) is 0 Å². The van der Waals surface area contributed by atoms with Crippen molar-refractivity contribution >= 4 is 111 Å². The highest BCUT2D eigenvalue weighted by Crippen LogP contribution is 2.49. The first-order valence-corrected chi connectivity index (χ1v) is 21.5. The Hall–Kier alpha value is -7.36. The first kappa shape index (κ1) is 34.5. The lowest BCUT2D eigenvalue weighted by molar-refractivity contribution is 0.596. The van der Waals surface area contributed by atoms with Crippen LogP contribution in [0, 0.1) is 0 Å². The fourth-order valence-electron chi connectivity index (χ4n) is 11.0. The summed E-state index contributed by atoms with van der Waals surface area (Å²) < 4.78 is 0. The molecular weight excluding hydrogens is 735 g/mol. The van der Waals surface area contributed by atoms with E-state index in [1.54, 1.807) is 0 Å². The van der Waals surface area contributed by atoms with Gasteiger partial charge in [0.05, 0.1) is 0 Å². The summed E-state index contributed by atoms with van der Waals surface area (Å²) in [5.74, 6) is 0. The van der Waals surface area contributed by atoms with E-state index in [1.165, 1.54) is 110 Å². The molecule has 13 rings (SSSR count). The molecule has 286 valence electrons. The smallest absolute Gasteiger partial charge is 0.252 e. The van der Waals surface area contributed by atoms with Gasteiger partial charge in [-0.3, -0.25) is 0 Å². The van der Waals surface area contributed by atoms with Crippen molar-refractivity contribution in [1.29, 1.82) is 0 Å². The van der Waals surface area contributed by atoms with Crippen LogP contribution in [0.1, 0.15) is 26.3 Å². The summed E-state index contributed by atoms with van der Waals surface area (Å²) in [5, 5.41) is 12.9. The molecule has 0 atom stereocenters. The summed E-state index contributed by atoms with van der Waals surface area (Å²) in [6, 6.07) is 73.2. The van der Waals surface area contributed by atoms with E-state index in [-0.39, 0.29) is 12.1 Å². The molecule has 11 aromatic rings. The van der Waals surface area contributed by atoms with Gasteiger partial charge < -0.3 is 9.80 Å². The number of anilines is 6. The third-order valence-corrected chi connectivity index (χ3v) is 13.6. The van der Waals surface area contributed by atoms with Gasteiger partial charge in [-0.1, -0.05) is 166 Å². The third kappa shape index (κ3) is 4.92. The van der Waals surface area contributed by atoms with Crippen LogP contribution in [-0.2, 0) is 5.41 Å². The summed E-state index contributed by atoms with van der Waals surface area (Å²) in [7, 11) is 0. The number of benzene rings is 11. The zero-order valence-corrected chi connectivity index (χ0v) is 34.4. The molecule has 0 saturated heterocycles. The van der Waals surface area contributed by atoms with E-state index in [4.69, 9.17) is 0 Å². The number of fused-ring (bicyclic) bond motifs is 8. The zero-order chi connectivity index (χ0) is 40.6. The van der Waals surface area contributed by atoms with Crippen LogP contribution in [0.25, 0.3) is 65.0 Å². The topological polar surface area (TPSA) is 6.48 Å². The third-order valence-electron chi connectivity index (χ3n) is 13.6. The lowest BCUT2D eigenvalue weighted by Crippen LogP contribution is -2.61. The van der Waals surface area contributed by atoms with Gasteiger partial charge >= 0.3 is 0 Å². The van der Waals surface area contributed by atoms with Crippen molar-refractivity contribution in [1.82, 2.24) is 0 Å². The first-order valence-electron chi connectivity index (χ1n) is 21.5. The summed E-state index contributed by atoms with van der Waals surface area (Å²) in [5.41, 5.74) is 15.1. The Labute approximate surface area is 356 Å². The van der Waals surface area contributed by atoms with Crippen molar-refractivity contribution in [2.24, 2.45) is 0 Å². The number of para-hydroxylation sites is 2. The fourth-order valence-corrected chi connectivity index (χ4v) is 11.0. The van der Waals surface area contributed by atoms with Gasteiger partial charge in [-0.2, -0.15) is 0 Å². The van der Waals surface area contributed by atoms with Crippen molar-refractivity contribution in [3.63, 3.8) is 0 Å². The molecule has 0 spiro atoms. The van der Waals surface area contributed by atoms with Crippen molar-refractivity contribution in [2.45, 2.75) is 26.2 Å². The maximum Gasteiger partial charge on any atom is 0.252 e. The maximum absolute atomic E-state index is 2.56. The van der Waals surface area contributed by atoms with Gasteiger partial charge in [-0.05, 0) is 130 Å². The molecule has 0 aromatic heterocycles. The summed E-state index contributed by atoms with van der Waals surface area (Å²) >= 11 is 0. The number of hydrogen-bond acceptors (Lipinski definition) is 2. The van der Waals surface area contributed by atoms with Crippen LogP contribution < -0.4 is 26.2 Å². The molecule has 0 radical (unpaired) electrons. The van der Waals surface area contributed by atoms with Gasteiger partial charge in [0.25, 0.3) is 6.71 Å². The summed E-state index contributed by atoms with van der Waals surface area (Å²) in [6.07, 6.45) is 0. The highest BCUT2D eigenvalue weighted by atomic mass is 15.2. The highest BCUT2D eigenvalue weighted by molar-refractivity contribution is 7.00. The van der Waals surface area contributed by atoms with Crippen LogP contribution in [0.5, 0.6) is 0 Å². The van der Waals surface area contributed by atoms with Gasteiger partial charge in [0.2, 0.25) is 0 Å². The van der Waals surface area contributed by atoms with Gasteiger partial charge in [-0.15, -0.1) is 0 Å². The van der Waals surface area contributed by atoms with Crippen molar-refractivity contribution in [3.8, 4) is 11.1 Å². The SMILES string of the molecule is CC(C)(C)c1ccc2ccc3cc(-c4cc5c6c(c4)N(c4ccccc4)c4c(ccc7ccccc47)B6c4ccc6ccccc6c4N5c4ccccc4)cc4ccc1c2c34.